The highest BCUT2D eigenvalue weighted by molar-refractivity contribution is 6.07. The van der Waals surface area contributed by atoms with Crippen LogP contribution in [0.25, 0.3) is 0 Å². The van der Waals surface area contributed by atoms with E-state index in [2.05, 4.69) is 59.9 Å². The van der Waals surface area contributed by atoms with Crippen molar-refractivity contribution in [1.29, 1.82) is 0 Å². The summed E-state index contributed by atoms with van der Waals surface area (Å²) >= 11 is 0. The lowest BCUT2D eigenvalue weighted by Crippen LogP contribution is -2.56. The van der Waals surface area contributed by atoms with Crippen molar-refractivity contribution in [2.24, 2.45) is 45.5 Å². The standard InChI is InChI=1S/C37H47N5O7/c1-20(2)34(48)39-17-30(46)38-18-31(47)40-24-9-6-22(7-10-24)35(49)42-41-25-12-13-36(4)23(15-25)8-11-26-27-14-21(3)32(29(45)19-43)37(27,5)16-28(44)33(26)36/h6-7,9-10,12-13,15,21,26-28,32-33,43-44H,1,8,11,14,16-19H2,2-5H3,(H,38,46)(H,39,48)(H,40,47)(H,42,49)/b41-25+/t21-,26+,27?,28+,32-,33?,36+,37+/m1/s1. The number of benzene rings is 1. The van der Waals surface area contributed by atoms with Crippen LogP contribution in [-0.2, 0) is 19.2 Å². The van der Waals surface area contributed by atoms with E-state index in [-0.39, 0.29) is 58.9 Å². The van der Waals surface area contributed by atoms with E-state index in [4.69, 9.17) is 0 Å². The van der Waals surface area contributed by atoms with E-state index >= 15 is 0 Å². The Bertz CT molecular complexity index is 1630. The largest absolute Gasteiger partial charge is 0.393 e. The van der Waals surface area contributed by atoms with Crippen LogP contribution in [0.4, 0.5) is 5.69 Å². The molecule has 4 aliphatic rings. The smallest absolute Gasteiger partial charge is 0.271 e. The van der Waals surface area contributed by atoms with E-state index in [0.717, 1.165) is 24.8 Å². The zero-order valence-corrected chi connectivity index (χ0v) is 28.5. The predicted molar refractivity (Wildman–Crippen MR) is 184 cm³/mol. The fourth-order valence-corrected chi connectivity index (χ4v) is 9.20. The third kappa shape index (κ3) is 7.16. The molecule has 2 unspecified atom stereocenters. The van der Waals surface area contributed by atoms with E-state index < -0.39 is 36.3 Å². The van der Waals surface area contributed by atoms with Crippen molar-refractivity contribution in [1.82, 2.24) is 16.1 Å². The van der Waals surface area contributed by atoms with Crippen LogP contribution in [0.3, 0.4) is 0 Å². The van der Waals surface area contributed by atoms with Gasteiger partial charge < -0.3 is 26.2 Å². The van der Waals surface area contributed by atoms with Crippen LogP contribution in [0.15, 0.2) is 65.3 Å². The molecule has 0 radical (unpaired) electrons. The molecule has 1 aromatic carbocycles. The van der Waals surface area contributed by atoms with Crippen LogP contribution in [0, 0.1) is 40.4 Å². The first-order valence-electron chi connectivity index (χ1n) is 16.9. The van der Waals surface area contributed by atoms with Crippen molar-refractivity contribution >= 4 is 40.8 Å². The second kappa shape index (κ2) is 14.2. The quantitative estimate of drug-likeness (QED) is 0.163. The normalized spacial score (nSPS) is 32.1. The Hall–Kier alpha value is -4.42. The average Bonchev–Trinajstić information content (AvgIpc) is 3.33. The molecule has 0 heterocycles. The van der Waals surface area contributed by atoms with Gasteiger partial charge in [-0.2, -0.15) is 5.10 Å². The summed E-state index contributed by atoms with van der Waals surface area (Å²) in [5.41, 5.74) is 4.69. The number of allylic oxidation sites excluding steroid dienone is 4. The minimum absolute atomic E-state index is 0.00207. The van der Waals surface area contributed by atoms with Gasteiger partial charge in [-0.05, 0) is 92.2 Å². The van der Waals surface area contributed by atoms with Gasteiger partial charge in [0.1, 0.15) is 6.61 Å². The predicted octanol–water partition coefficient (Wildman–Crippen LogP) is 2.65. The van der Waals surface area contributed by atoms with Gasteiger partial charge in [0.25, 0.3) is 5.91 Å². The Labute approximate surface area is 286 Å². The van der Waals surface area contributed by atoms with Crippen LogP contribution >= 0.6 is 0 Å². The molecule has 0 bridgehead atoms. The molecule has 6 N–H and O–H groups in total. The molecule has 8 atom stereocenters. The van der Waals surface area contributed by atoms with Crippen LogP contribution in [0.2, 0.25) is 0 Å². The number of ketones is 1. The molecule has 12 nitrogen and oxygen atoms in total. The van der Waals surface area contributed by atoms with E-state index in [1.165, 1.54) is 6.92 Å². The molecule has 0 spiro atoms. The van der Waals surface area contributed by atoms with Crippen molar-refractivity contribution in [3.05, 3.63) is 65.8 Å². The number of fused-ring (bicyclic) bond motifs is 5. The van der Waals surface area contributed by atoms with E-state index in [1.54, 1.807) is 24.3 Å². The minimum atomic E-state index is -0.588. The lowest BCUT2D eigenvalue weighted by molar-refractivity contribution is -0.142. The number of anilines is 1. The molecular weight excluding hydrogens is 626 g/mol. The van der Waals surface area contributed by atoms with Crippen molar-refractivity contribution in [2.45, 2.75) is 59.5 Å². The lowest BCUT2D eigenvalue weighted by atomic mass is 9.46. The van der Waals surface area contributed by atoms with Gasteiger partial charge in [0.05, 0.1) is 24.9 Å². The van der Waals surface area contributed by atoms with Crippen molar-refractivity contribution in [2.75, 3.05) is 25.0 Å². The summed E-state index contributed by atoms with van der Waals surface area (Å²) in [5.74, 6) is -1.52. The number of hydrogen-bond acceptors (Lipinski definition) is 8. The highest BCUT2D eigenvalue weighted by Gasteiger charge is 2.64. The van der Waals surface area contributed by atoms with Gasteiger partial charge in [0.15, 0.2) is 5.78 Å². The monoisotopic (exact) mass is 673 g/mol. The first-order chi connectivity index (χ1) is 23.2. The number of nitrogens with one attached hydrogen (secondary N) is 4. The summed E-state index contributed by atoms with van der Waals surface area (Å²) in [7, 11) is 0. The van der Waals surface area contributed by atoms with E-state index in [9.17, 15) is 34.2 Å². The van der Waals surface area contributed by atoms with Gasteiger partial charge >= 0.3 is 0 Å². The summed E-state index contributed by atoms with van der Waals surface area (Å²) in [6.45, 7) is 10.4. The highest BCUT2D eigenvalue weighted by Crippen LogP contribution is 2.67. The molecular formula is C37H47N5O7. The molecule has 12 heteroatoms. The first-order valence-corrected chi connectivity index (χ1v) is 16.9. The fourth-order valence-electron chi connectivity index (χ4n) is 9.20. The summed E-state index contributed by atoms with van der Waals surface area (Å²) in [4.78, 5) is 61.2. The lowest BCUT2D eigenvalue weighted by Gasteiger charge is -2.58. The summed E-state index contributed by atoms with van der Waals surface area (Å²) in [6, 6.07) is 6.22. The number of hydrogen-bond donors (Lipinski definition) is 6. The zero-order chi connectivity index (χ0) is 35.7. The molecule has 3 saturated carbocycles. The van der Waals surface area contributed by atoms with Crippen LogP contribution in [-0.4, -0.2) is 71.1 Å². The maximum absolute atomic E-state index is 12.9. The Morgan fingerprint density at radius 3 is 2.41 bits per heavy atom. The number of amides is 4. The summed E-state index contributed by atoms with van der Waals surface area (Å²) in [6.07, 6.45) is 8.56. The number of hydrazone groups is 1. The Morgan fingerprint density at radius 1 is 1.04 bits per heavy atom. The third-order valence-corrected chi connectivity index (χ3v) is 11.3. The molecule has 49 heavy (non-hydrogen) atoms. The maximum atomic E-state index is 12.9. The first kappa shape index (κ1) is 35.9. The number of nitrogens with zero attached hydrogens (tertiary/aromatic N) is 1. The molecule has 0 aromatic heterocycles. The van der Waals surface area contributed by atoms with E-state index in [1.807, 2.05) is 12.2 Å². The number of Topliss-reactive ketones (excluding diaryl/α,β-unsaturated/α-hetero) is 1. The maximum Gasteiger partial charge on any atom is 0.271 e. The summed E-state index contributed by atoms with van der Waals surface area (Å²) < 4.78 is 0. The Balaban J connectivity index is 1.16. The minimum Gasteiger partial charge on any atom is -0.393 e. The fraction of sp³-hybridized carbons (Fsp3) is 0.514. The number of carbonyl (C=O) groups excluding carboxylic acids is 5. The average molecular weight is 674 g/mol. The highest BCUT2D eigenvalue weighted by atomic mass is 16.3. The zero-order valence-electron chi connectivity index (χ0n) is 28.5. The van der Waals surface area contributed by atoms with Crippen LogP contribution < -0.4 is 21.4 Å². The Kier molecular flexibility index (Phi) is 10.4. The van der Waals surface area contributed by atoms with Gasteiger partial charge in [-0.1, -0.05) is 39.0 Å². The number of aliphatic hydroxyl groups is 2. The number of carbonyl (C=O) groups is 5. The third-order valence-electron chi connectivity index (χ3n) is 11.3. The topological polar surface area (TPSA) is 186 Å². The molecule has 1 aromatic rings. The van der Waals surface area contributed by atoms with Crippen LogP contribution in [0.5, 0.6) is 0 Å². The van der Waals surface area contributed by atoms with Crippen molar-refractivity contribution in [3.8, 4) is 0 Å². The molecule has 4 aliphatic carbocycles. The molecule has 262 valence electrons. The van der Waals surface area contributed by atoms with Gasteiger partial charge in [0.2, 0.25) is 17.7 Å². The summed E-state index contributed by atoms with van der Waals surface area (Å²) in [5, 5.41) is 33.1. The van der Waals surface area contributed by atoms with Crippen molar-refractivity contribution in [3.63, 3.8) is 0 Å². The molecule has 3 fully saturated rings. The van der Waals surface area contributed by atoms with Gasteiger partial charge in [-0.15, -0.1) is 0 Å². The second-order valence-corrected chi connectivity index (χ2v) is 14.6. The number of aliphatic hydroxyl groups excluding tert-OH is 2. The SMILES string of the molecule is C=C(C)C(=O)NCC(=O)NCC(=O)Nc1ccc(C(=O)N/N=C2\C=C[C@@]3(C)C(=C2)CC[C@@H]2C3[C@@H](O)C[C@@]3(C)C2C[C@@H](C)[C@@H]3C(=O)CO)cc1. The molecule has 4 amide bonds. The van der Waals surface area contributed by atoms with Gasteiger partial charge in [-0.3, -0.25) is 24.0 Å². The molecule has 0 saturated heterocycles. The second-order valence-electron chi connectivity index (χ2n) is 14.6. The van der Waals surface area contributed by atoms with Crippen LogP contribution in [0.1, 0.15) is 63.7 Å². The molecule has 5 rings (SSSR count). The van der Waals surface area contributed by atoms with Crippen molar-refractivity contribution < 1.29 is 34.2 Å². The van der Waals surface area contributed by atoms with Gasteiger partial charge in [0, 0.05) is 34.1 Å². The van der Waals surface area contributed by atoms with E-state index in [0.29, 0.717) is 29.3 Å². The Morgan fingerprint density at radius 2 is 1.73 bits per heavy atom. The molecule has 0 aliphatic heterocycles. The number of rotatable bonds is 10. The van der Waals surface area contributed by atoms with Gasteiger partial charge in [-0.25, -0.2) is 5.43 Å².